The molecule has 0 saturated heterocycles. The van der Waals surface area contributed by atoms with Gasteiger partial charge in [-0.05, 0) is 56.1 Å². The number of aliphatic carboxylic acids is 1. The molecule has 0 radical (unpaired) electrons. The van der Waals surface area contributed by atoms with E-state index in [4.69, 9.17) is 4.74 Å². The number of carboxylic acids is 1. The van der Waals surface area contributed by atoms with Crippen molar-refractivity contribution in [2.45, 2.75) is 88.8 Å². The summed E-state index contributed by atoms with van der Waals surface area (Å²) in [6, 6.07) is 16.8. The molecule has 0 aliphatic heterocycles. The van der Waals surface area contributed by atoms with E-state index >= 15 is 0 Å². The van der Waals surface area contributed by atoms with Crippen LogP contribution in [0.3, 0.4) is 0 Å². The highest BCUT2D eigenvalue weighted by atomic mass is 16.6. The normalized spacial score (nSPS) is 15.7. The predicted molar refractivity (Wildman–Crippen MR) is 144 cm³/mol. The summed E-state index contributed by atoms with van der Waals surface area (Å²) in [6.45, 7) is 1.94. The highest BCUT2D eigenvalue weighted by Gasteiger charge is 2.39. The van der Waals surface area contributed by atoms with E-state index in [0.29, 0.717) is 19.3 Å². The molecule has 0 unspecified atom stereocenters. The molecular weight excluding hydrogens is 484 g/mol. The number of alkyl carbamates (subject to hydrolysis) is 1. The van der Waals surface area contributed by atoms with Crippen LogP contribution in [0.1, 0.15) is 69.4 Å². The number of nitrogens with one attached hydrogen (secondary N) is 2. The fraction of sp³-hybridized carbons (Fsp3) is 0.467. The van der Waals surface area contributed by atoms with Crippen LogP contribution in [0.4, 0.5) is 4.79 Å². The third kappa shape index (κ3) is 8.71. The van der Waals surface area contributed by atoms with E-state index < -0.39 is 41.4 Å². The Morgan fingerprint density at radius 3 is 2.05 bits per heavy atom. The second-order valence-corrected chi connectivity index (χ2v) is 10.0. The van der Waals surface area contributed by atoms with Gasteiger partial charge >= 0.3 is 12.1 Å². The van der Waals surface area contributed by atoms with Crippen LogP contribution in [0.5, 0.6) is 0 Å². The quantitative estimate of drug-likeness (QED) is 0.312. The summed E-state index contributed by atoms with van der Waals surface area (Å²) in [5, 5.41) is 14.6. The van der Waals surface area contributed by atoms with Crippen LogP contribution in [0, 0.1) is 0 Å². The number of hydrogen-bond donors (Lipinski definition) is 3. The summed E-state index contributed by atoms with van der Waals surface area (Å²) in [7, 11) is 0. The van der Waals surface area contributed by atoms with Gasteiger partial charge in [-0.15, -0.1) is 0 Å². The zero-order valence-electron chi connectivity index (χ0n) is 22.0. The molecule has 3 N–H and O–H groups in total. The number of unbranched alkanes of at least 4 members (excludes halogenated alkanes) is 1. The van der Waals surface area contributed by atoms with Crippen molar-refractivity contribution in [3.8, 4) is 0 Å². The smallest absolute Gasteiger partial charge is 0.408 e. The SMILES string of the molecule is CCCC[C@H](NC(=O)OC1(Cc2ccccc2)CCCC1)C(=O)C(=O)N[C@@H](CCc1ccccc1)C(=O)O. The van der Waals surface area contributed by atoms with Crippen molar-refractivity contribution in [2.75, 3.05) is 0 Å². The molecule has 0 spiro atoms. The second-order valence-electron chi connectivity index (χ2n) is 10.0. The Labute approximate surface area is 224 Å². The van der Waals surface area contributed by atoms with E-state index in [-0.39, 0.29) is 12.8 Å². The number of carbonyl (C=O) groups excluding carboxylic acids is 3. The predicted octanol–water partition coefficient (Wildman–Crippen LogP) is 4.60. The van der Waals surface area contributed by atoms with Gasteiger partial charge in [0.1, 0.15) is 17.7 Å². The Bertz CT molecular complexity index is 1070. The average molecular weight is 523 g/mol. The van der Waals surface area contributed by atoms with Crippen molar-refractivity contribution in [1.82, 2.24) is 10.6 Å². The standard InChI is InChI=1S/C30H38N2O6/c1-2-3-16-24(26(33)27(34)31-25(28(35)36)18-17-22-12-6-4-7-13-22)32-29(37)38-30(19-10-11-20-30)21-23-14-8-5-9-15-23/h4-9,12-15,24-25H,2-3,10-11,16-21H2,1H3,(H,31,34)(H,32,37)(H,35,36)/t24-,25-/m0/s1. The molecule has 3 rings (SSSR count). The molecule has 1 fully saturated rings. The van der Waals surface area contributed by atoms with E-state index in [1.807, 2.05) is 67.6 Å². The van der Waals surface area contributed by atoms with Crippen LogP contribution in [0.25, 0.3) is 0 Å². The Morgan fingerprint density at radius 1 is 0.868 bits per heavy atom. The van der Waals surface area contributed by atoms with Crippen molar-refractivity contribution >= 4 is 23.8 Å². The minimum Gasteiger partial charge on any atom is -0.480 e. The second kappa shape index (κ2) is 14.3. The molecule has 1 aliphatic carbocycles. The molecule has 0 heterocycles. The largest absolute Gasteiger partial charge is 0.480 e. The lowest BCUT2D eigenvalue weighted by Crippen LogP contribution is -2.52. The molecule has 0 bridgehead atoms. The molecule has 2 atom stereocenters. The maximum atomic E-state index is 13.0. The molecule has 38 heavy (non-hydrogen) atoms. The summed E-state index contributed by atoms with van der Waals surface area (Å²) in [5.74, 6) is -3.11. The third-order valence-electron chi connectivity index (χ3n) is 7.04. The fourth-order valence-corrected chi connectivity index (χ4v) is 4.95. The fourth-order valence-electron chi connectivity index (χ4n) is 4.95. The molecule has 8 heteroatoms. The van der Waals surface area contributed by atoms with Crippen molar-refractivity contribution in [3.63, 3.8) is 0 Å². The molecule has 1 saturated carbocycles. The van der Waals surface area contributed by atoms with Crippen LogP contribution < -0.4 is 10.6 Å². The lowest BCUT2D eigenvalue weighted by molar-refractivity contribution is -0.145. The number of amides is 2. The number of carboxylic acid groups (broad SMARTS) is 1. The van der Waals surface area contributed by atoms with Crippen molar-refractivity contribution in [3.05, 3.63) is 71.8 Å². The minimum absolute atomic E-state index is 0.134. The molecule has 2 aromatic rings. The van der Waals surface area contributed by atoms with E-state index in [1.165, 1.54) is 0 Å². The molecule has 8 nitrogen and oxygen atoms in total. The Morgan fingerprint density at radius 2 is 1.47 bits per heavy atom. The number of rotatable bonds is 14. The van der Waals surface area contributed by atoms with Crippen LogP contribution in [0.15, 0.2) is 60.7 Å². The van der Waals surface area contributed by atoms with Gasteiger partial charge in [-0.2, -0.15) is 0 Å². The highest BCUT2D eigenvalue weighted by molar-refractivity contribution is 6.38. The molecule has 2 aromatic carbocycles. The summed E-state index contributed by atoms with van der Waals surface area (Å²) in [6.07, 6.45) is 5.38. The number of benzene rings is 2. The average Bonchev–Trinajstić information content (AvgIpc) is 3.36. The van der Waals surface area contributed by atoms with Crippen LogP contribution >= 0.6 is 0 Å². The van der Waals surface area contributed by atoms with Gasteiger partial charge in [-0.1, -0.05) is 80.4 Å². The van der Waals surface area contributed by atoms with Crippen LogP contribution in [-0.4, -0.2) is 46.5 Å². The Balaban J connectivity index is 1.62. The number of hydrogen-bond acceptors (Lipinski definition) is 5. The van der Waals surface area contributed by atoms with E-state index in [2.05, 4.69) is 10.6 Å². The first-order chi connectivity index (χ1) is 18.3. The van der Waals surface area contributed by atoms with Gasteiger partial charge in [0.2, 0.25) is 5.78 Å². The first kappa shape index (κ1) is 28.9. The zero-order valence-corrected chi connectivity index (χ0v) is 22.0. The molecule has 2 amide bonds. The summed E-state index contributed by atoms with van der Waals surface area (Å²) < 4.78 is 5.92. The molecule has 204 valence electrons. The Hall–Kier alpha value is -3.68. The number of ether oxygens (including phenoxy) is 1. The van der Waals surface area contributed by atoms with Gasteiger partial charge in [0.15, 0.2) is 0 Å². The van der Waals surface area contributed by atoms with Crippen molar-refractivity contribution in [1.29, 1.82) is 0 Å². The lowest BCUT2D eigenvalue weighted by Gasteiger charge is -2.30. The minimum atomic E-state index is -1.22. The van der Waals surface area contributed by atoms with Gasteiger partial charge in [0, 0.05) is 6.42 Å². The van der Waals surface area contributed by atoms with Crippen LogP contribution in [0.2, 0.25) is 0 Å². The first-order valence-corrected chi connectivity index (χ1v) is 13.5. The number of Topliss-reactive ketones (excluding diaryl/α,β-unsaturated/α-hetero) is 1. The summed E-state index contributed by atoms with van der Waals surface area (Å²) >= 11 is 0. The first-order valence-electron chi connectivity index (χ1n) is 13.5. The third-order valence-corrected chi connectivity index (χ3v) is 7.04. The topological polar surface area (TPSA) is 122 Å². The zero-order chi connectivity index (χ0) is 27.4. The van der Waals surface area contributed by atoms with E-state index in [0.717, 1.165) is 43.2 Å². The van der Waals surface area contributed by atoms with Gasteiger partial charge in [0.25, 0.3) is 5.91 Å². The van der Waals surface area contributed by atoms with E-state index in [9.17, 15) is 24.3 Å². The maximum Gasteiger partial charge on any atom is 0.408 e. The molecule has 1 aliphatic rings. The van der Waals surface area contributed by atoms with Gasteiger partial charge < -0.3 is 20.5 Å². The lowest BCUT2D eigenvalue weighted by atomic mass is 9.92. The van der Waals surface area contributed by atoms with Gasteiger partial charge in [0.05, 0.1) is 0 Å². The summed E-state index contributed by atoms with van der Waals surface area (Å²) in [4.78, 5) is 50.6. The highest BCUT2D eigenvalue weighted by Crippen LogP contribution is 2.36. The van der Waals surface area contributed by atoms with Crippen molar-refractivity contribution in [2.24, 2.45) is 0 Å². The number of carbonyl (C=O) groups is 4. The monoisotopic (exact) mass is 522 g/mol. The van der Waals surface area contributed by atoms with Crippen LogP contribution in [-0.2, 0) is 32.0 Å². The molecule has 0 aromatic heterocycles. The number of ketones is 1. The van der Waals surface area contributed by atoms with Gasteiger partial charge in [-0.25, -0.2) is 9.59 Å². The maximum absolute atomic E-state index is 13.0. The Kier molecular flexibility index (Phi) is 10.9. The van der Waals surface area contributed by atoms with Gasteiger partial charge in [-0.3, -0.25) is 9.59 Å². The molecular formula is C30H38N2O6. The van der Waals surface area contributed by atoms with E-state index in [1.54, 1.807) is 0 Å². The van der Waals surface area contributed by atoms with Crippen molar-refractivity contribution < 1.29 is 29.0 Å². The number of aryl methyl sites for hydroxylation is 1. The summed E-state index contributed by atoms with van der Waals surface area (Å²) in [5.41, 5.74) is 1.34.